The number of aromatic amines is 1. The number of fused-ring (bicyclic) bond motifs is 1. The fourth-order valence-electron chi connectivity index (χ4n) is 2.86. The summed E-state index contributed by atoms with van der Waals surface area (Å²) in [5.74, 6) is -0.581. The predicted molar refractivity (Wildman–Crippen MR) is 117 cm³/mol. The van der Waals surface area contributed by atoms with Gasteiger partial charge in [0, 0.05) is 21.3 Å². The van der Waals surface area contributed by atoms with E-state index in [1.165, 1.54) is 30.3 Å². The number of nitro benzene ring substituents is 1. The van der Waals surface area contributed by atoms with Crippen LogP contribution in [0, 0.1) is 18.5 Å². The van der Waals surface area contributed by atoms with Crippen LogP contribution in [-0.2, 0) is 0 Å². The first kappa shape index (κ1) is 19.2. The highest BCUT2D eigenvalue weighted by Gasteiger charge is 2.19. The first-order chi connectivity index (χ1) is 13.8. The molecule has 29 heavy (non-hydrogen) atoms. The van der Waals surface area contributed by atoms with E-state index >= 15 is 0 Å². The van der Waals surface area contributed by atoms with Gasteiger partial charge >= 0.3 is 5.91 Å². The van der Waals surface area contributed by atoms with Crippen LogP contribution >= 0.6 is 34.8 Å². The second kappa shape index (κ2) is 7.37. The van der Waals surface area contributed by atoms with E-state index in [2.05, 4.69) is 27.6 Å². The van der Waals surface area contributed by atoms with Crippen molar-refractivity contribution in [3.63, 3.8) is 0 Å². The minimum absolute atomic E-state index is 0.0537. The Balaban J connectivity index is 1.79. The lowest BCUT2D eigenvalue weighted by atomic mass is 10.1. The lowest BCUT2D eigenvalue weighted by Gasteiger charge is -2.06. The number of rotatable bonds is 3. The first-order valence-corrected chi connectivity index (χ1v) is 9.68. The molecule has 0 fully saturated rings. The van der Waals surface area contributed by atoms with E-state index < -0.39 is 16.4 Å². The van der Waals surface area contributed by atoms with Crippen molar-refractivity contribution in [2.75, 3.05) is 0 Å². The van der Waals surface area contributed by atoms with E-state index in [0.29, 0.717) is 16.5 Å². The maximum Gasteiger partial charge on any atom is 0.302 e. The second-order valence-electron chi connectivity index (χ2n) is 6.04. The van der Waals surface area contributed by atoms with Crippen LogP contribution in [0.1, 0.15) is 10.6 Å². The molecule has 0 saturated heterocycles. The van der Waals surface area contributed by atoms with Crippen molar-refractivity contribution in [3.8, 4) is 11.3 Å². The van der Waals surface area contributed by atoms with Gasteiger partial charge in [-0.2, -0.15) is 0 Å². The number of carbonyl (C=O) groups is 1. The van der Waals surface area contributed by atoms with E-state index in [-0.39, 0.29) is 22.0 Å². The fourth-order valence-corrected chi connectivity index (χ4v) is 3.63. The van der Waals surface area contributed by atoms with Gasteiger partial charge in [-0.3, -0.25) is 19.7 Å². The van der Waals surface area contributed by atoms with Crippen molar-refractivity contribution >= 4 is 57.3 Å². The summed E-state index contributed by atoms with van der Waals surface area (Å²) in [4.78, 5) is 39.1. The summed E-state index contributed by atoms with van der Waals surface area (Å²) in [6, 6.07) is 13.9. The quantitative estimate of drug-likeness (QED) is 0.185. The number of hydrogen-bond acceptors (Lipinski definition) is 6. The number of non-ortho nitro benzene ring substituents is 1. The number of carbonyl (C=O) groups excluding carboxylic acids is 1. The van der Waals surface area contributed by atoms with E-state index in [0.717, 1.165) is 8.14 Å². The molecule has 2 aromatic heterocycles. The van der Waals surface area contributed by atoms with Crippen molar-refractivity contribution in [1.82, 2.24) is 9.55 Å². The summed E-state index contributed by atoms with van der Waals surface area (Å²) in [6.45, 7) is 0. The number of nitro groups is 1. The molecule has 4 rings (SSSR count). The summed E-state index contributed by atoms with van der Waals surface area (Å²) in [6.07, 6.45) is 0. The van der Waals surface area contributed by atoms with Crippen LogP contribution in [0.4, 0.5) is 5.69 Å². The molecule has 0 bridgehead atoms. The topological polar surface area (TPSA) is 111 Å². The van der Waals surface area contributed by atoms with Gasteiger partial charge in [-0.15, -0.1) is 0 Å². The fraction of sp³-hybridized carbons (Fsp3) is 0. The largest absolute Gasteiger partial charge is 0.451 e. The molecule has 0 amide bonds. The van der Waals surface area contributed by atoms with Gasteiger partial charge in [0.2, 0.25) is 0 Å². The van der Waals surface area contributed by atoms with E-state index in [9.17, 15) is 19.7 Å². The molecular formula is C19H10IN3O5S. The molecule has 0 saturated carbocycles. The van der Waals surface area contributed by atoms with Gasteiger partial charge in [0.1, 0.15) is 5.76 Å². The van der Waals surface area contributed by atoms with Crippen molar-refractivity contribution in [2.45, 2.75) is 0 Å². The molecule has 144 valence electrons. The van der Waals surface area contributed by atoms with Gasteiger partial charge in [0.25, 0.3) is 11.2 Å². The van der Waals surface area contributed by atoms with Gasteiger partial charge in [0.15, 0.2) is 10.5 Å². The molecule has 2 heterocycles. The molecule has 0 atom stereocenters. The maximum absolute atomic E-state index is 12.9. The van der Waals surface area contributed by atoms with Crippen molar-refractivity contribution in [1.29, 1.82) is 0 Å². The zero-order valence-corrected chi connectivity index (χ0v) is 17.4. The molecule has 0 aliphatic heterocycles. The SMILES string of the molecule is O=C(c1ccc(-c2cccc([N+](=O)[O-])c2)o1)n1c(=S)[nH]c2ccc(I)cc2c1=O. The molecule has 0 aliphatic rings. The third-order valence-corrected chi connectivity index (χ3v) is 5.18. The number of aromatic nitrogens is 2. The molecule has 1 N–H and O–H groups in total. The van der Waals surface area contributed by atoms with Gasteiger partial charge < -0.3 is 9.40 Å². The molecule has 0 aliphatic carbocycles. The average molecular weight is 519 g/mol. The molecule has 0 radical (unpaired) electrons. The highest BCUT2D eigenvalue weighted by atomic mass is 127. The molecule has 0 spiro atoms. The molecule has 4 aromatic rings. The number of furan rings is 1. The Morgan fingerprint density at radius 3 is 2.72 bits per heavy atom. The lowest BCUT2D eigenvalue weighted by molar-refractivity contribution is -0.384. The highest BCUT2D eigenvalue weighted by Crippen LogP contribution is 2.26. The summed E-state index contributed by atoms with van der Waals surface area (Å²) >= 11 is 7.26. The van der Waals surface area contributed by atoms with Crippen molar-refractivity contribution in [2.24, 2.45) is 0 Å². The molecule has 8 nitrogen and oxygen atoms in total. The van der Waals surface area contributed by atoms with Crippen LogP contribution in [0.2, 0.25) is 0 Å². The monoisotopic (exact) mass is 519 g/mol. The summed E-state index contributed by atoms with van der Waals surface area (Å²) in [5.41, 5.74) is 0.306. The van der Waals surface area contributed by atoms with Crippen LogP contribution in [-0.4, -0.2) is 20.4 Å². The van der Waals surface area contributed by atoms with Gasteiger partial charge in [0.05, 0.1) is 15.8 Å². The Morgan fingerprint density at radius 2 is 1.97 bits per heavy atom. The maximum atomic E-state index is 12.9. The van der Waals surface area contributed by atoms with Crippen molar-refractivity contribution in [3.05, 3.63) is 89.2 Å². The Morgan fingerprint density at radius 1 is 1.17 bits per heavy atom. The Hall–Kier alpha value is -3.12. The Labute approximate surface area is 181 Å². The van der Waals surface area contributed by atoms with Gasteiger partial charge in [-0.1, -0.05) is 12.1 Å². The Kier molecular flexibility index (Phi) is 4.88. The van der Waals surface area contributed by atoms with E-state index in [4.69, 9.17) is 16.6 Å². The molecular weight excluding hydrogens is 509 g/mol. The minimum Gasteiger partial charge on any atom is -0.451 e. The van der Waals surface area contributed by atoms with Crippen LogP contribution in [0.25, 0.3) is 22.2 Å². The third-order valence-electron chi connectivity index (χ3n) is 4.22. The third kappa shape index (κ3) is 3.51. The summed E-state index contributed by atoms with van der Waals surface area (Å²) in [5, 5.41) is 11.3. The highest BCUT2D eigenvalue weighted by molar-refractivity contribution is 14.1. The number of hydrogen-bond donors (Lipinski definition) is 1. The Bertz CT molecular complexity index is 1420. The number of H-pyrrole nitrogens is 1. The predicted octanol–water partition coefficient (Wildman–Crippen LogP) is 4.52. The summed E-state index contributed by atoms with van der Waals surface area (Å²) < 4.78 is 7.19. The van der Waals surface area contributed by atoms with E-state index in [1.54, 1.807) is 18.2 Å². The van der Waals surface area contributed by atoms with Gasteiger partial charge in [-0.05, 0) is 65.1 Å². The second-order valence-corrected chi connectivity index (χ2v) is 7.67. The number of nitrogens with zero attached hydrogens (tertiary/aromatic N) is 2. The molecule has 2 aromatic carbocycles. The number of benzene rings is 2. The minimum atomic E-state index is -0.728. The van der Waals surface area contributed by atoms with Crippen LogP contribution in [0.5, 0.6) is 0 Å². The van der Waals surface area contributed by atoms with Crippen molar-refractivity contribution < 1.29 is 14.1 Å². The van der Waals surface area contributed by atoms with Crippen LogP contribution in [0.3, 0.4) is 0 Å². The normalized spacial score (nSPS) is 10.9. The molecule has 0 unspecified atom stereocenters. The average Bonchev–Trinajstić information content (AvgIpc) is 3.19. The zero-order valence-electron chi connectivity index (χ0n) is 14.4. The van der Waals surface area contributed by atoms with E-state index in [1.807, 2.05) is 6.07 Å². The number of nitrogens with one attached hydrogen (secondary N) is 1. The lowest BCUT2D eigenvalue weighted by Crippen LogP contribution is -2.28. The number of halogens is 1. The first-order valence-electron chi connectivity index (χ1n) is 8.19. The van der Waals surface area contributed by atoms with Gasteiger partial charge in [-0.25, -0.2) is 4.57 Å². The zero-order chi connectivity index (χ0) is 20.7. The standard InChI is InChI=1S/C19H10IN3O5S/c20-11-4-5-14-13(9-11)17(24)22(19(29)21-14)18(25)16-7-6-15(28-16)10-2-1-3-12(8-10)23(26)27/h1-9H,(H,21,29). The smallest absolute Gasteiger partial charge is 0.302 e. The van der Waals surface area contributed by atoms with Crippen LogP contribution in [0.15, 0.2) is 63.8 Å². The van der Waals surface area contributed by atoms with Crippen LogP contribution < -0.4 is 5.56 Å². The molecule has 10 heteroatoms. The summed E-state index contributed by atoms with van der Waals surface area (Å²) in [7, 11) is 0.